The number of fused-ring (bicyclic) bond motifs is 1. The van der Waals surface area contributed by atoms with Gasteiger partial charge in [-0.25, -0.2) is 4.98 Å². The van der Waals surface area contributed by atoms with Crippen LogP contribution in [0.15, 0.2) is 79.1 Å². The average molecular weight is 437 g/mol. The molecule has 2 heterocycles. The van der Waals surface area contributed by atoms with Crippen LogP contribution in [0.1, 0.15) is 27.0 Å². The quantitative estimate of drug-likeness (QED) is 0.453. The van der Waals surface area contributed by atoms with Crippen molar-refractivity contribution in [2.24, 2.45) is 0 Å². The number of benzene rings is 2. The van der Waals surface area contributed by atoms with Crippen LogP contribution in [0.25, 0.3) is 10.9 Å². The Morgan fingerprint density at radius 2 is 1.69 bits per heavy atom. The van der Waals surface area contributed by atoms with E-state index in [1.807, 2.05) is 30.3 Å². The first-order valence-corrected chi connectivity index (χ1v) is 9.77. The van der Waals surface area contributed by atoms with E-state index < -0.39 is 23.2 Å². The number of hydrogen-bond donors (Lipinski definition) is 1. The Hall–Kier alpha value is -3.94. The molecule has 4 aromatic rings. The molecule has 0 fully saturated rings. The fourth-order valence-corrected chi connectivity index (χ4v) is 3.30. The number of amides is 1. The molecule has 0 bridgehead atoms. The number of rotatable bonds is 6. The lowest BCUT2D eigenvalue weighted by Crippen LogP contribution is -2.26. The molecule has 2 aromatic heterocycles. The van der Waals surface area contributed by atoms with Crippen molar-refractivity contribution in [3.8, 4) is 5.88 Å². The number of alkyl halides is 3. The van der Waals surface area contributed by atoms with E-state index in [-0.39, 0.29) is 24.1 Å². The van der Waals surface area contributed by atoms with Crippen LogP contribution in [0.2, 0.25) is 0 Å². The average Bonchev–Trinajstić information content (AvgIpc) is 2.81. The molecule has 0 aliphatic heterocycles. The highest BCUT2D eigenvalue weighted by atomic mass is 19.4. The molecule has 32 heavy (non-hydrogen) atoms. The zero-order valence-corrected chi connectivity index (χ0v) is 16.8. The molecule has 8 heteroatoms. The maximum Gasteiger partial charge on any atom is 0.417 e. The molecule has 0 atom stereocenters. The number of carbonyl (C=O) groups is 1. The molecule has 5 nitrogen and oxygen atoms in total. The van der Waals surface area contributed by atoms with E-state index >= 15 is 0 Å². The Morgan fingerprint density at radius 3 is 2.47 bits per heavy atom. The second kappa shape index (κ2) is 9.05. The predicted octanol–water partition coefficient (Wildman–Crippen LogP) is 5.16. The molecule has 1 N–H and O–H groups in total. The van der Waals surface area contributed by atoms with Crippen LogP contribution in [0, 0.1) is 0 Å². The van der Waals surface area contributed by atoms with Gasteiger partial charge in [0.05, 0.1) is 16.6 Å². The summed E-state index contributed by atoms with van der Waals surface area (Å²) in [4.78, 5) is 20.9. The number of pyridine rings is 2. The van der Waals surface area contributed by atoms with Crippen molar-refractivity contribution in [3.63, 3.8) is 0 Å². The number of aromatic nitrogens is 2. The normalized spacial score (nSPS) is 11.3. The van der Waals surface area contributed by atoms with E-state index in [0.29, 0.717) is 11.4 Å². The van der Waals surface area contributed by atoms with Crippen LogP contribution in [0.3, 0.4) is 0 Å². The number of carbonyl (C=O) groups excluding carboxylic acids is 1. The lowest BCUT2D eigenvalue weighted by Gasteiger charge is -2.16. The van der Waals surface area contributed by atoms with Gasteiger partial charge in [0.2, 0.25) is 5.88 Å². The van der Waals surface area contributed by atoms with Gasteiger partial charge in [0.1, 0.15) is 6.61 Å². The SMILES string of the molecule is O=C(NCc1cccnc1OCc1ccccc1)c1cnc2ccccc2c1C(F)(F)F. The highest BCUT2D eigenvalue weighted by molar-refractivity contribution is 6.00. The molecule has 1 amide bonds. The van der Waals surface area contributed by atoms with Crippen LogP contribution in [-0.2, 0) is 19.3 Å². The van der Waals surface area contributed by atoms with Crippen molar-refractivity contribution < 1.29 is 22.7 Å². The summed E-state index contributed by atoms with van der Waals surface area (Å²) < 4.78 is 47.1. The van der Waals surface area contributed by atoms with Crippen molar-refractivity contribution >= 4 is 16.8 Å². The minimum absolute atomic E-state index is 0.0546. The molecule has 0 aliphatic rings. The van der Waals surface area contributed by atoms with Gasteiger partial charge < -0.3 is 10.1 Å². The Morgan fingerprint density at radius 1 is 0.938 bits per heavy atom. The highest BCUT2D eigenvalue weighted by Crippen LogP contribution is 2.36. The maximum atomic E-state index is 13.8. The molecule has 2 aromatic carbocycles. The van der Waals surface area contributed by atoms with Crippen LogP contribution in [0.4, 0.5) is 13.2 Å². The van der Waals surface area contributed by atoms with Crippen LogP contribution < -0.4 is 10.1 Å². The Bertz CT molecular complexity index is 1240. The molecule has 0 aliphatic carbocycles. The summed E-state index contributed by atoms with van der Waals surface area (Å²) in [5.41, 5.74) is 0.101. The molecule has 0 unspecified atom stereocenters. The molecular weight excluding hydrogens is 419 g/mol. The summed E-state index contributed by atoms with van der Waals surface area (Å²) in [5, 5.41) is 2.41. The molecule has 0 spiro atoms. The maximum absolute atomic E-state index is 13.8. The smallest absolute Gasteiger partial charge is 0.417 e. The molecular formula is C24H18F3N3O2. The number of nitrogens with one attached hydrogen (secondary N) is 1. The summed E-state index contributed by atoms with van der Waals surface area (Å²) in [7, 11) is 0. The summed E-state index contributed by atoms with van der Waals surface area (Å²) >= 11 is 0. The highest BCUT2D eigenvalue weighted by Gasteiger charge is 2.37. The number of halogens is 3. The van der Waals surface area contributed by atoms with Crippen LogP contribution in [-0.4, -0.2) is 15.9 Å². The molecule has 0 saturated carbocycles. The van der Waals surface area contributed by atoms with Gasteiger partial charge in [0, 0.05) is 29.9 Å². The van der Waals surface area contributed by atoms with Gasteiger partial charge in [-0.05, 0) is 17.7 Å². The largest absolute Gasteiger partial charge is 0.473 e. The van der Waals surface area contributed by atoms with E-state index in [9.17, 15) is 18.0 Å². The van der Waals surface area contributed by atoms with Crippen molar-refractivity contribution in [1.29, 1.82) is 0 Å². The van der Waals surface area contributed by atoms with E-state index in [2.05, 4.69) is 15.3 Å². The Labute approximate surface area is 181 Å². The number of hydrogen-bond acceptors (Lipinski definition) is 4. The van der Waals surface area contributed by atoms with E-state index in [1.165, 1.54) is 18.2 Å². The third kappa shape index (κ3) is 4.69. The second-order valence-electron chi connectivity index (χ2n) is 6.99. The first kappa shape index (κ1) is 21.3. The third-order valence-electron chi connectivity index (χ3n) is 4.81. The molecule has 162 valence electrons. The summed E-state index contributed by atoms with van der Waals surface area (Å²) in [6, 6.07) is 18.7. The fourth-order valence-electron chi connectivity index (χ4n) is 3.30. The standard InChI is InChI=1S/C24H18F3N3O2/c25-24(26,27)21-18-10-4-5-11-20(18)29-14-19(21)22(31)30-13-17-9-6-12-28-23(17)32-15-16-7-2-1-3-8-16/h1-12,14H,13,15H2,(H,30,31). The van der Waals surface area contributed by atoms with Gasteiger partial charge >= 0.3 is 6.18 Å². The molecule has 0 radical (unpaired) electrons. The van der Waals surface area contributed by atoms with Crippen molar-refractivity contribution in [1.82, 2.24) is 15.3 Å². The summed E-state index contributed by atoms with van der Waals surface area (Å²) in [5.74, 6) is -0.585. The molecule has 4 rings (SSSR count). The van der Waals surface area contributed by atoms with E-state index in [4.69, 9.17) is 4.74 Å². The van der Waals surface area contributed by atoms with Crippen molar-refractivity contribution in [2.75, 3.05) is 0 Å². The van der Waals surface area contributed by atoms with E-state index in [1.54, 1.807) is 24.4 Å². The summed E-state index contributed by atoms with van der Waals surface area (Å²) in [6.07, 6.45) is -2.22. The molecule has 0 saturated heterocycles. The lowest BCUT2D eigenvalue weighted by atomic mass is 10.0. The zero-order chi connectivity index (χ0) is 22.6. The van der Waals surface area contributed by atoms with Gasteiger partial charge in [0.15, 0.2) is 0 Å². The topological polar surface area (TPSA) is 64.1 Å². The van der Waals surface area contributed by atoms with Gasteiger partial charge in [-0.1, -0.05) is 54.6 Å². The third-order valence-corrected chi connectivity index (χ3v) is 4.81. The van der Waals surface area contributed by atoms with E-state index in [0.717, 1.165) is 11.8 Å². The van der Waals surface area contributed by atoms with Crippen molar-refractivity contribution in [3.05, 3.63) is 101 Å². The minimum Gasteiger partial charge on any atom is -0.473 e. The Kier molecular flexibility index (Phi) is 6.02. The Balaban J connectivity index is 1.54. The van der Waals surface area contributed by atoms with Crippen molar-refractivity contribution in [2.45, 2.75) is 19.3 Å². The number of nitrogens with zero attached hydrogens (tertiary/aromatic N) is 2. The fraction of sp³-hybridized carbons (Fsp3) is 0.125. The van der Waals surface area contributed by atoms with Crippen LogP contribution >= 0.6 is 0 Å². The van der Waals surface area contributed by atoms with Crippen LogP contribution in [0.5, 0.6) is 5.88 Å². The van der Waals surface area contributed by atoms with Gasteiger partial charge in [-0.2, -0.15) is 13.2 Å². The second-order valence-corrected chi connectivity index (χ2v) is 6.99. The number of ether oxygens (including phenoxy) is 1. The first-order chi connectivity index (χ1) is 15.4. The minimum atomic E-state index is -4.71. The predicted molar refractivity (Wildman–Crippen MR) is 113 cm³/mol. The first-order valence-electron chi connectivity index (χ1n) is 9.77. The monoisotopic (exact) mass is 437 g/mol. The summed E-state index contributed by atoms with van der Waals surface area (Å²) in [6.45, 7) is 0.215. The van der Waals surface area contributed by atoms with Gasteiger partial charge in [0.25, 0.3) is 5.91 Å². The zero-order valence-electron chi connectivity index (χ0n) is 16.8. The lowest BCUT2D eigenvalue weighted by molar-refractivity contribution is -0.136. The van der Waals surface area contributed by atoms with Gasteiger partial charge in [-0.3, -0.25) is 9.78 Å². The van der Waals surface area contributed by atoms with Gasteiger partial charge in [-0.15, -0.1) is 0 Å². The number of para-hydroxylation sites is 1.